The molecule has 2 aromatic carbocycles. The third-order valence-electron chi connectivity index (χ3n) is 4.48. The first kappa shape index (κ1) is 18.2. The summed E-state index contributed by atoms with van der Waals surface area (Å²) in [4.78, 5) is 16.7. The van der Waals surface area contributed by atoms with Crippen LogP contribution in [-0.2, 0) is 0 Å². The molecule has 1 saturated heterocycles. The molecule has 2 aromatic rings. The van der Waals surface area contributed by atoms with Crippen LogP contribution in [0.25, 0.3) is 0 Å². The van der Waals surface area contributed by atoms with Gasteiger partial charge >= 0.3 is 0 Å². The lowest BCUT2D eigenvalue weighted by Crippen LogP contribution is -2.49. The van der Waals surface area contributed by atoms with Gasteiger partial charge in [-0.2, -0.15) is 0 Å². The predicted molar refractivity (Wildman–Crippen MR) is 97.2 cm³/mol. The van der Waals surface area contributed by atoms with Crippen LogP contribution < -0.4 is 9.47 Å². The van der Waals surface area contributed by atoms with Crippen molar-refractivity contribution in [2.45, 2.75) is 0 Å². The van der Waals surface area contributed by atoms with Crippen LogP contribution in [0.2, 0.25) is 0 Å². The van der Waals surface area contributed by atoms with E-state index in [2.05, 4.69) is 4.90 Å². The minimum absolute atomic E-state index is 0.0196. The first-order valence-electron chi connectivity index (χ1n) is 8.70. The van der Waals surface area contributed by atoms with Crippen molar-refractivity contribution in [1.29, 1.82) is 0 Å². The highest BCUT2D eigenvalue weighted by Gasteiger charge is 2.22. The van der Waals surface area contributed by atoms with Gasteiger partial charge in [-0.15, -0.1) is 0 Å². The fraction of sp³-hybridized carbons (Fsp3) is 0.350. The second-order valence-corrected chi connectivity index (χ2v) is 6.14. The lowest BCUT2D eigenvalue weighted by atomic mass is 10.1. The topological polar surface area (TPSA) is 42.0 Å². The Kier molecular flexibility index (Phi) is 6.07. The predicted octanol–water partition coefficient (Wildman–Crippen LogP) is 2.67. The van der Waals surface area contributed by atoms with Gasteiger partial charge in [-0.05, 0) is 30.3 Å². The molecule has 1 amide bonds. The number of amides is 1. The van der Waals surface area contributed by atoms with E-state index >= 15 is 0 Å². The third-order valence-corrected chi connectivity index (χ3v) is 4.48. The Morgan fingerprint density at radius 1 is 1.08 bits per heavy atom. The SMILES string of the molecule is COc1cccc(C(=O)N2CCN(CCOc3ccccc3F)CC2)c1. The van der Waals surface area contributed by atoms with E-state index in [9.17, 15) is 9.18 Å². The monoisotopic (exact) mass is 358 g/mol. The van der Waals surface area contributed by atoms with Crippen LogP contribution in [0.3, 0.4) is 0 Å². The number of hydrogen-bond acceptors (Lipinski definition) is 4. The second-order valence-electron chi connectivity index (χ2n) is 6.14. The zero-order valence-corrected chi connectivity index (χ0v) is 14.9. The quantitative estimate of drug-likeness (QED) is 0.796. The summed E-state index contributed by atoms with van der Waals surface area (Å²) in [5.74, 6) is 0.631. The summed E-state index contributed by atoms with van der Waals surface area (Å²) in [6.07, 6.45) is 0. The average molecular weight is 358 g/mol. The Morgan fingerprint density at radius 2 is 1.85 bits per heavy atom. The summed E-state index contributed by atoms with van der Waals surface area (Å²) in [5, 5.41) is 0. The molecule has 1 fully saturated rings. The van der Waals surface area contributed by atoms with E-state index in [0.29, 0.717) is 37.6 Å². The van der Waals surface area contributed by atoms with Gasteiger partial charge in [0.15, 0.2) is 11.6 Å². The van der Waals surface area contributed by atoms with E-state index in [1.165, 1.54) is 6.07 Å². The van der Waals surface area contributed by atoms with Crippen molar-refractivity contribution >= 4 is 5.91 Å². The number of ether oxygens (including phenoxy) is 2. The van der Waals surface area contributed by atoms with Crippen molar-refractivity contribution in [2.24, 2.45) is 0 Å². The lowest BCUT2D eigenvalue weighted by Gasteiger charge is -2.34. The van der Waals surface area contributed by atoms with Gasteiger partial charge < -0.3 is 14.4 Å². The molecule has 0 aromatic heterocycles. The molecule has 3 rings (SSSR count). The van der Waals surface area contributed by atoms with Crippen LogP contribution in [0.4, 0.5) is 4.39 Å². The van der Waals surface area contributed by atoms with Gasteiger partial charge in [0.1, 0.15) is 12.4 Å². The number of hydrogen-bond donors (Lipinski definition) is 0. The van der Waals surface area contributed by atoms with Gasteiger partial charge in [0.25, 0.3) is 5.91 Å². The highest BCUT2D eigenvalue weighted by atomic mass is 19.1. The number of carbonyl (C=O) groups excluding carboxylic acids is 1. The molecule has 0 radical (unpaired) electrons. The van der Waals surface area contributed by atoms with E-state index in [-0.39, 0.29) is 17.5 Å². The molecule has 0 saturated carbocycles. The smallest absolute Gasteiger partial charge is 0.254 e. The lowest BCUT2D eigenvalue weighted by molar-refractivity contribution is 0.0619. The zero-order valence-electron chi connectivity index (χ0n) is 14.9. The molecule has 1 aliphatic rings. The number of methoxy groups -OCH3 is 1. The number of halogens is 1. The average Bonchev–Trinajstić information content (AvgIpc) is 2.69. The molecule has 0 unspecified atom stereocenters. The van der Waals surface area contributed by atoms with Crippen molar-refractivity contribution in [3.05, 3.63) is 59.9 Å². The van der Waals surface area contributed by atoms with Crippen LogP contribution in [-0.4, -0.2) is 62.1 Å². The minimum Gasteiger partial charge on any atom is -0.497 e. The van der Waals surface area contributed by atoms with E-state index in [1.54, 1.807) is 37.4 Å². The van der Waals surface area contributed by atoms with Gasteiger partial charge in [0, 0.05) is 38.3 Å². The van der Waals surface area contributed by atoms with Crippen LogP contribution in [0.5, 0.6) is 11.5 Å². The molecule has 0 aliphatic carbocycles. The molecule has 26 heavy (non-hydrogen) atoms. The largest absolute Gasteiger partial charge is 0.497 e. The van der Waals surface area contributed by atoms with Crippen molar-refractivity contribution in [2.75, 3.05) is 46.4 Å². The zero-order chi connectivity index (χ0) is 18.4. The van der Waals surface area contributed by atoms with Crippen LogP contribution >= 0.6 is 0 Å². The fourth-order valence-corrected chi connectivity index (χ4v) is 2.96. The van der Waals surface area contributed by atoms with E-state index in [4.69, 9.17) is 9.47 Å². The van der Waals surface area contributed by atoms with E-state index in [1.807, 2.05) is 17.0 Å². The first-order valence-corrected chi connectivity index (χ1v) is 8.70. The van der Waals surface area contributed by atoms with Crippen LogP contribution in [0.15, 0.2) is 48.5 Å². The Hall–Kier alpha value is -2.60. The molecule has 5 nitrogen and oxygen atoms in total. The summed E-state index contributed by atoms with van der Waals surface area (Å²) in [6.45, 7) is 4.00. The molecule has 138 valence electrons. The number of para-hydroxylation sites is 1. The summed E-state index contributed by atoms with van der Waals surface area (Å²) in [5.41, 5.74) is 0.640. The molecular weight excluding hydrogens is 335 g/mol. The Labute approximate surface area is 152 Å². The van der Waals surface area contributed by atoms with Gasteiger partial charge in [-0.25, -0.2) is 4.39 Å². The highest BCUT2D eigenvalue weighted by Crippen LogP contribution is 2.17. The highest BCUT2D eigenvalue weighted by molar-refractivity contribution is 5.94. The standard InChI is InChI=1S/C20H23FN2O3/c1-25-17-6-4-5-16(15-17)20(24)23-11-9-22(10-12-23)13-14-26-19-8-3-2-7-18(19)21/h2-8,15H,9-14H2,1H3. The molecular formula is C20H23FN2O3. The number of nitrogens with zero attached hydrogens (tertiary/aromatic N) is 2. The third kappa shape index (κ3) is 4.52. The number of piperazine rings is 1. The van der Waals surface area contributed by atoms with Gasteiger partial charge in [-0.3, -0.25) is 9.69 Å². The number of benzene rings is 2. The summed E-state index contributed by atoms with van der Waals surface area (Å²) in [6, 6.07) is 13.6. The molecule has 0 bridgehead atoms. The van der Waals surface area contributed by atoms with Crippen molar-refractivity contribution in [3.8, 4) is 11.5 Å². The van der Waals surface area contributed by atoms with Gasteiger partial charge in [-0.1, -0.05) is 18.2 Å². The molecule has 1 aliphatic heterocycles. The molecule has 1 heterocycles. The maximum absolute atomic E-state index is 13.5. The molecule has 0 spiro atoms. The summed E-state index contributed by atoms with van der Waals surface area (Å²) >= 11 is 0. The fourth-order valence-electron chi connectivity index (χ4n) is 2.96. The second kappa shape index (κ2) is 8.67. The Balaban J connectivity index is 1.45. The van der Waals surface area contributed by atoms with Crippen molar-refractivity contribution < 1.29 is 18.7 Å². The van der Waals surface area contributed by atoms with Crippen molar-refractivity contribution in [1.82, 2.24) is 9.80 Å². The van der Waals surface area contributed by atoms with Gasteiger partial charge in [0.2, 0.25) is 0 Å². The summed E-state index contributed by atoms with van der Waals surface area (Å²) in [7, 11) is 1.59. The van der Waals surface area contributed by atoms with Crippen molar-refractivity contribution in [3.63, 3.8) is 0 Å². The molecule has 0 N–H and O–H groups in total. The van der Waals surface area contributed by atoms with Crippen LogP contribution in [0, 0.1) is 5.82 Å². The maximum atomic E-state index is 13.5. The van der Waals surface area contributed by atoms with E-state index in [0.717, 1.165) is 13.1 Å². The maximum Gasteiger partial charge on any atom is 0.254 e. The van der Waals surface area contributed by atoms with E-state index < -0.39 is 0 Å². The van der Waals surface area contributed by atoms with Gasteiger partial charge in [0.05, 0.1) is 7.11 Å². The number of rotatable bonds is 6. The Morgan fingerprint density at radius 3 is 2.58 bits per heavy atom. The number of carbonyl (C=O) groups is 1. The minimum atomic E-state index is -0.346. The van der Waals surface area contributed by atoms with Crippen LogP contribution in [0.1, 0.15) is 10.4 Å². The molecule has 0 atom stereocenters. The normalized spacial score (nSPS) is 14.9. The summed E-state index contributed by atoms with van der Waals surface area (Å²) < 4.78 is 24.2. The molecule has 6 heteroatoms. The first-order chi connectivity index (χ1) is 12.7. The Bertz CT molecular complexity index is 745.